The first-order valence-corrected chi connectivity index (χ1v) is 6.82. The lowest BCUT2D eigenvalue weighted by Gasteiger charge is -2.10. The molecule has 0 aromatic carbocycles. The molecule has 0 saturated carbocycles. The Morgan fingerprint density at radius 1 is 1.38 bits per heavy atom. The standard InChI is InChI=1S/C12H21N3S/c1-5-13-11-10(4)12(15-8-14-11)16-7-6-9(2)3/h8-9H,5-7H2,1-4H3,(H,13,14,15). The Bertz CT molecular complexity index is 326. The maximum Gasteiger partial charge on any atom is 0.133 e. The average molecular weight is 239 g/mol. The Hall–Kier alpha value is -0.770. The monoisotopic (exact) mass is 239 g/mol. The predicted molar refractivity (Wildman–Crippen MR) is 71.1 cm³/mol. The third-order valence-corrected chi connectivity index (χ3v) is 3.44. The Morgan fingerprint density at radius 3 is 2.75 bits per heavy atom. The van der Waals surface area contributed by atoms with Crippen LogP contribution >= 0.6 is 11.8 Å². The van der Waals surface area contributed by atoms with Crippen LogP contribution < -0.4 is 5.32 Å². The molecule has 1 rings (SSSR count). The van der Waals surface area contributed by atoms with Crippen molar-refractivity contribution >= 4 is 17.6 Å². The summed E-state index contributed by atoms with van der Waals surface area (Å²) in [6.07, 6.45) is 2.87. The van der Waals surface area contributed by atoms with Gasteiger partial charge < -0.3 is 5.32 Å². The molecule has 16 heavy (non-hydrogen) atoms. The molecule has 0 spiro atoms. The zero-order valence-electron chi connectivity index (χ0n) is 10.6. The maximum absolute atomic E-state index is 4.33. The van der Waals surface area contributed by atoms with Crippen molar-refractivity contribution in [3.63, 3.8) is 0 Å². The van der Waals surface area contributed by atoms with Gasteiger partial charge in [-0.2, -0.15) is 0 Å². The second-order valence-electron chi connectivity index (χ2n) is 4.21. The Balaban J connectivity index is 2.62. The van der Waals surface area contributed by atoms with Crippen molar-refractivity contribution in [3.05, 3.63) is 11.9 Å². The highest BCUT2D eigenvalue weighted by Gasteiger charge is 2.06. The van der Waals surface area contributed by atoms with E-state index in [2.05, 4.69) is 43.0 Å². The summed E-state index contributed by atoms with van der Waals surface area (Å²) in [6, 6.07) is 0. The van der Waals surface area contributed by atoms with Crippen LogP contribution in [0.3, 0.4) is 0 Å². The first-order chi connectivity index (χ1) is 7.65. The average Bonchev–Trinajstić information content (AvgIpc) is 2.23. The van der Waals surface area contributed by atoms with Gasteiger partial charge in [0.05, 0.1) is 0 Å². The van der Waals surface area contributed by atoms with Crippen LogP contribution in [0.2, 0.25) is 0 Å². The lowest BCUT2D eigenvalue weighted by Crippen LogP contribution is -2.03. The number of rotatable bonds is 6. The molecule has 1 aromatic heterocycles. The highest BCUT2D eigenvalue weighted by Crippen LogP contribution is 2.25. The molecule has 0 atom stereocenters. The molecule has 1 heterocycles. The van der Waals surface area contributed by atoms with Crippen LogP contribution in [0.1, 0.15) is 32.8 Å². The van der Waals surface area contributed by atoms with Crippen molar-refractivity contribution in [2.24, 2.45) is 5.92 Å². The quantitative estimate of drug-likeness (QED) is 0.610. The van der Waals surface area contributed by atoms with Crippen LogP contribution in [0.4, 0.5) is 5.82 Å². The van der Waals surface area contributed by atoms with Crippen LogP contribution in [-0.2, 0) is 0 Å². The minimum Gasteiger partial charge on any atom is -0.370 e. The molecule has 0 aliphatic carbocycles. The molecule has 1 aromatic rings. The van der Waals surface area contributed by atoms with Gasteiger partial charge in [0.25, 0.3) is 0 Å². The second-order valence-corrected chi connectivity index (χ2v) is 5.30. The number of anilines is 1. The SMILES string of the molecule is CCNc1ncnc(SCCC(C)C)c1C. The Labute approximate surface area is 102 Å². The smallest absolute Gasteiger partial charge is 0.133 e. The Kier molecular flexibility index (Phi) is 5.60. The highest BCUT2D eigenvalue weighted by molar-refractivity contribution is 7.99. The van der Waals surface area contributed by atoms with E-state index in [1.165, 1.54) is 6.42 Å². The molecule has 90 valence electrons. The van der Waals surface area contributed by atoms with Gasteiger partial charge in [-0.15, -0.1) is 11.8 Å². The summed E-state index contributed by atoms with van der Waals surface area (Å²) in [4.78, 5) is 8.57. The fraction of sp³-hybridized carbons (Fsp3) is 0.667. The summed E-state index contributed by atoms with van der Waals surface area (Å²) >= 11 is 1.82. The van der Waals surface area contributed by atoms with Gasteiger partial charge in [-0.05, 0) is 31.9 Å². The second kappa shape index (κ2) is 6.74. The molecule has 0 unspecified atom stereocenters. The molecule has 0 amide bonds. The Morgan fingerprint density at radius 2 is 2.12 bits per heavy atom. The van der Waals surface area contributed by atoms with Crippen LogP contribution in [0, 0.1) is 12.8 Å². The van der Waals surface area contributed by atoms with Crippen LogP contribution in [0.25, 0.3) is 0 Å². The van der Waals surface area contributed by atoms with Gasteiger partial charge in [0, 0.05) is 12.1 Å². The van der Waals surface area contributed by atoms with E-state index in [9.17, 15) is 0 Å². The minimum atomic E-state index is 0.753. The van der Waals surface area contributed by atoms with Gasteiger partial charge in [0.2, 0.25) is 0 Å². The third-order valence-electron chi connectivity index (χ3n) is 2.32. The molecular formula is C12H21N3S. The topological polar surface area (TPSA) is 37.8 Å². The number of nitrogens with one attached hydrogen (secondary N) is 1. The summed E-state index contributed by atoms with van der Waals surface area (Å²) in [7, 11) is 0. The van der Waals surface area contributed by atoms with E-state index in [1.807, 2.05) is 11.8 Å². The van der Waals surface area contributed by atoms with Gasteiger partial charge in [-0.25, -0.2) is 9.97 Å². The van der Waals surface area contributed by atoms with Crippen molar-refractivity contribution in [2.75, 3.05) is 17.6 Å². The highest BCUT2D eigenvalue weighted by atomic mass is 32.2. The maximum atomic E-state index is 4.33. The van der Waals surface area contributed by atoms with Crippen molar-refractivity contribution in [1.29, 1.82) is 0 Å². The van der Waals surface area contributed by atoms with Crippen molar-refractivity contribution in [1.82, 2.24) is 9.97 Å². The fourth-order valence-electron chi connectivity index (χ4n) is 1.32. The number of aromatic nitrogens is 2. The molecule has 0 aliphatic rings. The van der Waals surface area contributed by atoms with Crippen LogP contribution in [-0.4, -0.2) is 22.3 Å². The summed E-state index contributed by atoms with van der Waals surface area (Å²) in [5, 5.41) is 4.35. The lowest BCUT2D eigenvalue weighted by atomic mass is 10.2. The largest absolute Gasteiger partial charge is 0.370 e. The van der Waals surface area contributed by atoms with E-state index in [4.69, 9.17) is 0 Å². The van der Waals surface area contributed by atoms with Crippen molar-refractivity contribution < 1.29 is 0 Å². The van der Waals surface area contributed by atoms with Crippen molar-refractivity contribution in [3.8, 4) is 0 Å². The number of hydrogen-bond donors (Lipinski definition) is 1. The molecule has 0 radical (unpaired) electrons. The van der Waals surface area contributed by atoms with E-state index in [1.54, 1.807) is 6.33 Å². The number of nitrogens with zero attached hydrogens (tertiary/aromatic N) is 2. The molecule has 0 saturated heterocycles. The van der Waals surface area contributed by atoms with Gasteiger partial charge in [-0.3, -0.25) is 0 Å². The molecule has 3 nitrogen and oxygen atoms in total. The number of thioether (sulfide) groups is 1. The molecule has 4 heteroatoms. The predicted octanol–water partition coefficient (Wildman–Crippen LogP) is 3.36. The van der Waals surface area contributed by atoms with Crippen LogP contribution in [0.5, 0.6) is 0 Å². The minimum absolute atomic E-state index is 0.753. The van der Waals surface area contributed by atoms with E-state index in [0.29, 0.717) is 0 Å². The summed E-state index contributed by atoms with van der Waals surface area (Å²) in [5.41, 5.74) is 1.16. The zero-order valence-corrected chi connectivity index (χ0v) is 11.4. The van der Waals surface area contributed by atoms with E-state index in [0.717, 1.165) is 34.6 Å². The fourth-order valence-corrected chi connectivity index (χ4v) is 2.53. The van der Waals surface area contributed by atoms with Gasteiger partial charge in [0.15, 0.2) is 0 Å². The molecular weight excluding hydrogens is 218 g/mol. The van der Waals surface area contributed by atoms with E-state index < -0.39 is 0 Å². The van der Waals surface area contributed by atoms with Crippen molar-refractivity contribution in [2.45, 2.75) is 39.1 Å². The third kappa shape index (κ3) is 4.00. The first-order valence-electron chi connectivity index (χ1n) is 5.83. The lowest BCUT2D eigenvalue weighted by molar-refractivity contribution is 0.632. The summed E-state index contributed by atoms with van der Waals surface area (Å²) < 4.78 is 0. The molecule has 0 aliphatic heterocycles. The number of hydrogen-bond acceptors (Lipinski definition) is 4. The van der Waals surface area contributed by atoms with Crippen LogP contribution in [0.15, 0.2) is 11.4 Å². The zero-order chi connectivity index (χ0) is 12.0. The molecule has 1 N–H and O–H groups in total. The first kappa shape index (κ1) is 13.3. The van der Waals surface area contributed by atoms with Gasteiger partial charge in [0.1, 0.15) is 17.2 Å². The molecule has 0 fully saturated rings. The van der Waals surface area contributed by atoms with Gasteiger partial charge >= 0.3 is 0 Å². The van der Waals surface area contributed by atoms with E-state index in [-0.39, 0.29) is 0 Å². The van der Waals surface area contributed by atoms with Gasteiger partial charge in [-0.1, -0.05) is 13.8 Å². The van der Waals surface area contributed by atoms with E-state index >= 15 is 0 Å². The summed E-state index contributed by atoms with van der Waals surface area (Å²) in [6.45, 7) is 9.55. The normalized spacial score (nSPS) is 10.8. The summed E-state index contributed by atoms with van der Waals surface area (Å²) in [5.74, 6) is 2.84. The molecule has 0 bridgehead atoms.